The summed E-state index contributed by atoms with van der Waals surface area (Å²) < 4.78 is 2.16. The SMILES string of the molecule is CC[C@H](C)c1ccccc1NC(=O)CSc1nnc(Cc2cccs2)n1CCc1ccccc1. The Hall–Kier alpha value is -2.90. The average Bonchev–Trinajstić information content (AvgIpc) is 3.52. The minimum absolute atomic E-state index is 0.0295. The van der Waals surface area contributed by atoms with Gasteiger partial charge < -0.3 is 9.88 Å². The Bertz CT molecular complexity index is 1190. The van der Waals surface area contributed by atoms with E-state index in [9.17, 15) is 4.79 Å². The Morgan fingerprint density at radius 1 is 1.06 bits per heavy atom. The molecule has 2 heterocycles. The number of anilines is 1. The van der Waals surface area contributed by atoms with E-state index in [4.69, 9.17) is 0 Å². The number of nitrogens with one attached hydrogen (secondary N) is 1. The first-order chi connectivity index (χ1) is 16.6. The van der Waals surface area contributed by atoms with Gasteiger partial charge >= 0.3 is 0 Å². The number of hydrogen-bond donors (Lipinski definition) is 1. The van der Waals surface area contributed by atoms with Crippen LogP contribution in [0.15, 0.2) is 77.3 Å². The van der Waals surface area contributed by atoms with Gasteiger partial charge in [0.25, 0.3) is 0 Å². The molecular weight excluding hydrogens is 460 g/mol. The van der Waals surface area contributed by atoms with Crippen molar-refractivity contribution in [3.05, 3.63) is 93.9 Å². The van der Waals surface area contributed by atoms with E-state index in [1.807, 2.05) is 24.3 Å². The molecule has 0 aliphatic carbocycles. The molecule has 0 fully saturated rings. The molecule has 0 radical (unpaired) electrons. The number of nitrogens with zero attached hydrogens (tertiary/aromatic N) is 3. The normalized spacial score (nSPS) is 11.9. The van der Waals surface area contributed by atoms with Crippen LogP contribution in [-0.4, -0.2) is 26.4 Å². The van der Waals surface area contributed by atoms with Crippen LogP contribution < -0.4 is 5.32 Å². The van der Waals surface area contributed by atoms with E-state index in [0.717, 1.165) is 42.5 Å². The number of rotatable bonds is 11. The van der Waals surface area contributed by atoms with Crippen molar-refractivity contribution in [3.8, 4) is 0 Å². The quantitative estimate of drug-likeness (QED) is 0.247. The number of carbonyl (C=O) groups excluding carboxylic acids is 1. The molecule has 176 valence electrons. The Morgan fingerprint density at radius 3 is 2.62 bits per heavy atom. The molecule has 7 heteroatoms. The van der Waals surface area contributed by atoms with Gasteiger partial charge in [-0.15, -0.1) is 21.5 Å². The van der Waals surface area contributed by atoms with Gasteiger partial charge in [-0.1, -0.05) is 80.2 Å². The first-order valence-electron chi connectivity index (χ1n) is 11.6. The average molecular weight is 491 g/mol. The van der Waals surface area contributed by atoms with Crippen molar-refractivity contribution < 1.29 is 4.79 Å². The molecule has 4 rings (SSSR count). The van der Waals surface area contributed by atoms with Gasteiger partial charge in [0, 0.05) is 23.5 Å². The summed E-state index contributed by atoms with van der Waals surface area (Å²) in [5, 5.41) is 14.9. The van der Waals surface area contributed by atoms with Crippen LogP contribution >= 0.6 is 23.1 Å². The smallest absolute Gasteiger partial charge is 0.234 e. The van der Waals surface area contributed by atoms with Gasteiger partial charge in [-0.25, -0.2) is 0 Å². The number of amides is 1. The summed E-state index contributed by atoms with van der Waals surface area (Å²) in [7, 11) is 0. The lowest BCUT2D eigenvalue weighted by Crippen LogP contribution is -2.16. The zero-order valence-corrected chi connectivity index (χ0v) is 21.2. The van der Waals surface area contributed by atoms with Crippen LogP contribution in [0.3, 0.4) is 0 Å². The number of aromatic nitrogens is 3. The van der Waals surface area contributed by atoms with E-state index < -0.39 is 0 Å². The van der Waals surface area contributed by atoms with E-state index in [1.54, 1.807) is 11.3 Å². The standard InChI is InChI=1S/C27H30N4OS2/c1-3-20(2)23-13-7-8-14-24(23)28-26(32)19-34-27-30-29-25(18-22-12-9-17-33-22)31(27)16-15-21-10-5-4-6-11-21/h4-14,17,20H,3,15-16,18-19H2,1-2H3,(H,28,32)/t20-/m0/s1. The van der Waals surface area contributed by atoms with Crippen molar-refractivity contribution in [1.82, 2.24) is 14.8 Å². The zero-order valence-electron chi connectivity index (χ0n) is 19.6. The largest absolute Gasteiger partial charge is 0.325 e. The van der Waals surface area contributed by atoms with Crippen molar-refractivity contribution in [2.24, 2.45) is 0 Å². The van der Waals surface area contributed by atoms with Crippen molar-refractivity contribution in [3.63, 3.8) is 0 Å². The Kier molecular flexibility index (Phi) is 8.55. The maximum atomic E-state index is 12.8. The van der Waals surface area contributed by atoms with Gasteiger partial charge in [0.15, 0.2) is 5.16 Å². The fraction of sp³-hybridized carbons (Fsp3) is 0.296. The van der Waals surface area contributed by atoms with Gasteiger partial charge in [-0.3, -0.25) is 4.79 Å². The summed E-state index contributed by atoms with van der Waals surface area (Å²) in [4.78, 5) is 14.1. The van der Waals surface area contributed by atoms with E-state index in [0.29, 0.717) is 5.92 Å². The van der Waals surface area contributed by atoms with Gasteiger partial charge in [0.1, 0.15) is 5.82 Å². The summed E-state index contributed by atoms with van der Waals surface area (Å²) in [5.74, 6) is 1.59. The van der Waals surface area contributed by atoms with E-state index in [1.165, 1.54) is 27.8 Å². The summed E-state index contributed by atoms with van der Waals surface area (Å²) >= 11 is 3.17. The van der Waals surface area contributed by atoms with Crippen LogP contribution in [-0.2, 0) is 24.2 Å². The van der Waals surface area contributed by atoms with Crippen LogP contribution in [0.25, 0.3) is 0 Å². The number of thiophene rings is 1. The van der Waals surface area contributed by atoms with Crippen LogP contribution in [0.4, 0.5) is 5.69 Å². The highest BCUT2D eigenvalue weighted by molar-refractivity contribution is 7.99. The van der Waals surface area contributed by atoms with Crippen LogP contribution in [0, 0.1) is 0 Å². The number of benzene rings is 2. The minimum Gasteiger partial charge on any atom is -0.325 e. The molecule has 4 aromatic rings. The first-order valence-corrected chi connectivity index (χ1v) is 13.5. The van der Waals surface area contributed by atoms with Crippen LogP contribution in [0.2, 0.25) is 0 Å². The molecule has 0 saturated heterocycles. The molecule has 1 amide bonds. The molecule has 34 heavy (non-hydrogen) atoms. The Morgan fingerprint density at radius 2 is 1.85 bits per heavy atom. The molecule has 2 aromatic carbocycles. The highest BCUT2D eigenvalue weighted by atomic mass is 32.2. The number of aryl methyl sites for hydroxylation is 1. The fourth-order valence-corrected chi connectivity index (χ4v) is 5.30. The highest BCUT2D eigenvalue weighted by Gasteiger charge is 2.16. The molecule has 0 aliphatic rings. The molecule has 2 aromatic heterocycles. The maximum Gasteiger partial charge on any atom is 0.234 e. The van der Waals surface area contributed by atoms with Gasteiger partial charge in [-0.2, -0.15) is 0 Å². The molecule has 0 unspecified atom stereocenters. The van der Waals surface area contributed by atoms with E-state index >= 15 is 0 Å². The van der Waals surface area contributed by atoms with Crippen molar-refractivity contribution in [2.75, 3.05) is 11.1 Å². The summed E-state index contributed by atoms with van der Waals surface area (Å²) in [5.41, 5.74) is 3.34. The molecular formula is C27H30N4OS2. The Balaban J connectivity index is 1.45. The molecule has 0 aliphatic heterocycles. The molecule has 5 nitrogen and oxygen atoms in total. The van der Waals surface area contributed by atoms with Gasteiger partial charge in [0.05, 0.1) is 5.75 Å². The third-order valence-corrected chi connectivity index (χ3v) is 7.73. The lowest BCUT2D eigenvalue weighted by atomic mass is 9.97. The monoisotopic (exact) mass is 490 g/mol. The predicted octanol–water partition coefficient (Wildman–Crippen LogP) is 6.42. The predicted molar refractivity (Wildman–Crippen MR) is 142 cm³/mol. The Labute approximate surface area is 209 Å². The number of thioether (sulfide) groups is 1. The van der Waals surface area contributed by atoms with E-state index in [2.05, 4.69) is 81.8 Å². The molecule has 0 spiro atoms. The van der Waals surface area contributed by atoms with Crippen molar-refractivity contribution in [2.45, 2.75) is 50.7 Å². The van der Waals surface area contributed by atoms with Crippen LogP contribution in [0.5, 0.6) is 0 Å². The summed E-state index contributed by atoms with van der Waals surface area (Å²) in [6.07, 6.45) is 2.66. The van der Waals surface area contributed by atoms with Crippen molar-refractivity contribution >= 4 is 34.7 Å². The van der Waals surface area contributed by atoms with Gasteiger partial charge in [0.2, 0.25) is 5.91 Å². The fourth-order valence-electron chi connectivity index (χ4n) is 3.81. The maximum absolute atomic E-state index is 12.8. The second-order valence-electron chi connectivity index (χ2n) is 8.28. The second-order valence-corrected chi connectivity index (χ2v) is 10.3. The third-order valence-electron chi connectivity index (χ3n) is 5.88. The lowest BCUT2D eigenvalue weighted by molar-refractivity contribution is -0.113. The number of carbonyl (C=O) groups is 1. The lowest BCUT2D eigenvalue weighted by Gasteiger charge is -2.15. The number of hydrogen-bond acceptors (Lipinski definition) is 5. The number of para-hydroxylation sites is 1. The van der Waals surface area contributed by atoms with Gasteiger partial charge in [-0.05, 0) is 47.4 Å². The molecule has 1 atom stereocenters. The summed E-state index contributed by atoms with van der Waals surface area (Å²) in [6.45, 7) is 5.12. The zero-order chi connectivity index (χ0) is 23.8. The van der Waals surface area contributed by atoms with E-state index in [-0.39, 0.29) is 11.7 Å². The van der Waals surface area contributed by atoms with Crippen LogP contribution in [0.1, 0.15) is 48.0 Å². The second kappa shape index (κ2) is 12.0. The molecule has 1 N–H and O–H groups in total. The molecule has 0 saturated carbocycles. The minimum atomic E-state index is -0.0295. The van der Waals surface area contributed by atoms with Crippen molar-refractivity contribution in [1.29, 1.82) is 0 Å². The molecule has 0 bridgehead atoms. The summed E-state index contributed by atoms with van der Waals surface area (Å²) in [6, 6.07) is 22.7. The topological polar surface area (TPSA) is 59.8 Å². The highest BCUT2D eigenvalue weighted by Crippen LogP contribution is 2.27. The first kappa shape index (κ1) is 24.2. The third kappa shape index (κ3) is 6.36.